The Hall–Kier alpha value is -1.93. The van der Waals surface area contributed by atoms with Gasteiger partial charge in [-0.3, -0.25) is 0 Å². The van der Waals surface area contributed by atoms with E-state index in [-0.39, 0.29) is 11.4 Å². The second-order valence-corrected chi connectivity index (χ2v) is 6.25. The zero-order valence-electron chi connectivity index (χ0n) is 12.1. The first-order valence-corrected chi connectivity index (χ1v) is 7.84. The highest BCUT2D eigenvalue weighted by atomic mass is 32.2. The molecule has 114 valence electrons. The average molecular weight is 311 g/mol. The van der Waals surface area contributed by atoms with Gasteiger partial charge >= 0.3 is 0 Å². The van der Waals surface area contributed by atoms with E-state index in [9.17, 15) is 8.42 Å². The van der Waals surface area contributed by atoms with E-state index in [0.717, 1.165) is 5.56 Å². The maximum absolute atomic E-state index is 12.3. The van der Waals surface area contributed by atoms with Gasteiger partial charge in [0.1, 0.15) is 10.6 Å². The zero-order chi connectivity index (χ0) is 15.5. The molecule has 2 aromatic rings. The zero-order valence-corrected chi connectivity index (χ0v) is 12.9. The molecule has 0 fully saturated rings. The highest BCUT2D eigenvalue weighted by Gasteiger charge is 2.19. The first-order chi connectivity index (χ1) is 9.92. The molecule has 1 aromatic carbocycles. The normalized spacial score (nSPS) is 11.6. The molecule has 0 saturated heterocycles. The van der Waals surface area contributed by atoms with E-state index >= 15 is 0 Å². The summed E-state index contributed by atoms with van der Waals surface area (Å²) in [5.41, 5.74) is 0.837. The molecule has 21 heavy (non-hydrogen) atoms. The molecular weight excluding hydrogens is 294 g/mol. The molecule has 0 aliphatic heterocycles. The van der Waals surface area contributed by atoms with Gasteiger partial charge in [-0.15, -0.1) is 10.2 Å². The fraction of sp³-hybridized carbons (Fsp3) is 0.385. The molecule has 0 aliphatic carbocycles. The molecule has 2 rings (SSSR count). The van der Waals surface area contributed by atoms with Gasteiger partial charge in [0, 0.05) is 19.9 Å². The van der Waals surface area contributed by atoms with E-state index in [1.165, 1.54) is 7.11 Å². The van der Waals surface area contributed by atoms with Crippen molar-refractivity contribution in [1.29, 1.82) is 0 Å². The second kappa shape index (κ2) is 6.23. The molecular formula is C13H17N3O4S. The lowest BCUT2D eigenvalue weighted by molar-refractivity contribution is 0.402. The van der Waals surface area contributed by atoms with Crippen molar-refractivity contribution in [2.75, 3.05) is 13.7 Å². The van der Waals surface area contributed by atoms with Gasteiger partial charge in [0.05, 0.1) is 7.11 Å². The fourth-order valence-corrected chi connectivity index (χ4v) is 3.09. The number of sulfonamides is 1. The highest BCUT2D eigenvalue weighted by Crippen LogP contribution is 2.24. The minimum Gasteiger partial charge on any atom is -0.495 e. The number of nitrogens with zero attached hydrogens (tertiary/aromatic N) is 2. The van der Waals surface area contributed by atoms with Gasteiger partial charge in [-0.25, -0.2) is 13.1 Å². The van der Waals surface area contributed by atoms with Crippen LogP contribution in [0.15, 0.2) is 27.5 Å². The Morgan fingerprint density at radius 3 is 2.67 bits per heavy atom. The Morgan fingerprint density at radius 1 is 1.29 bits per heavy atom. The monoisotopic (exact) mass is 311 g/mol. The molecule has 0 saturated carbocycles. The van der Waals surface area contributed by atoms with Gasteiger partial charge in [0.15, 0.2) is 0 Å². The van der Waals surface area contributed by atoms with Gasteiger partial charge in [-0.05, 0) is 24.6 Å². The topological polar surface area (TPSA) is 94.3 Å². The van der Waals surface area contributed by atoms with Gasteiger partial charge < -0.3 is 9.15 Å². The summed E-state index contributed by atoms with van der Waals surface area (Å²) < 4.78 is 37.4. The van der Waals surface area contributed by atoms with Crippen LogP contribution in [0.25, 0.3) is 0 Å². The molecule has 0 bridgehead atoms. The van der Waals surface area contributed by atoms with Crippen molar-refractivity contribution >= 4 is 10.0 Å². The van der Waals surface area contributed by atoms with Crippen LogP contribution in [-0.4, -0.2) is 32.3 Å². The molecule has 0 radical (unpaired) electrons. The van der Waals surface area contributed by atoms with E-state index in [2.05, 4.69) is 14.9 Å². The van der Waals surface area contributed by atoms with Crippen LogP contribution < -0.4 is 9.46 Å². The SMILES string of the molecule is COc1ccc(C)cc1S(=O)(=O)NCCc1nnc(C)o1. The van der Waals surface area contributed by atoms with Crippen LogP contribution in [0.2, 0.25) is 0 Å². The van der Waals surface area contributed by atoms with Crippen molar-refractivity contribution in [3.8, 4) is 5.75 Å². The maximum Gasteiger partial charge on any atom is 0.244 e. The molecule has 7 nitrogen and oxygen atoms in total. The highest BCUT2D eigenvalue weighted by molar-refractivity contribution is 7.89. The molecule has 1 aromatic heterocycles. The van der Waals surface area contributed by atoms with Crippen molar-refractivity contribution in [2.45, 2.75) is 25.2 Å². The molecule has 0 spiro atoms. The van der Waals surface area contributed by atoms with Crippen molar-refractivity contribution in [3.63, 3.8) is 0 Å². The number of hydrogen-bond acceptors (Lipinski definition) is 6. The Morgan fingerprint density at radius 2 is 2.05 bits per heavy atom. The lowest BCUT2D eigenvalue weighted by Gasteiger charge is -2.11. The average Bonchev–Trinajstić information content (AvgIpc) is 2.84. The number of benzene rings is 1. The number of methoxy groups -OCH3 is 1. The third-order valence-corrected chi connectivity index (χ3v) is 4.29. The Labute approximate surface area is 123 Å². The molecule has 8 heteroatoms. The second-order valence-electron chi connectivity index (χ2n) is 4.52. The van der Waals surface area contributed by atoms with E-state index in [1.807, 2.05) is 6.92 Å². The van der Waals surface area contributed by atoms with E-state index < -0.39 is 10.0 Å². The van der Waals surface area contributed by atoms with E-state index in [4.69, 9.17) is 9.15 Å². The molecule has 1 N–H and O–H groups in total. The smallest absolute Gasteiger partial charge is 0.244 e. The predicted molar refractivity (Wildman–Crippen MR) is 75.7 cm³/mol. The number of rotatable bonds is 6. The Bertz CT molecular complexity index is 725. The van der Waals surface area contributed by atoms with Crippen LogP contribution >= 0.6 is 0 Å². The molecule has 0 unspecified atom stereocenters. The number of nitrogens with one attached hydrogen (secondary N) is 1. The van der Waals surface area contributed by atoms with Crippen LogP contribution in [0, 0.1) is 13.8 Å². The summed E-state index contributed by atoms with van der Waals surface area (Å²) in [6.45, 7) is 3.67. The minimum atomic E-state index is -3.65. The van der Waals surface area contributed by atoms with Crippen LogP contribution in [0.3, 0.4) is 0 Å². The van der Waals surface area contributed by atoms with Crippen molar-refractivity contribution < 1.29 is 17.6 Å². The fourth-order valence-electron chi connectivity index (χ4n) is 1.80. The lowest BCUT2D eigenvalue weighted by Crippen LogP contribution is -2.26. The first-order valence-electron chi connectivity index (χ1n) is 6.35. The quantitative estimate of drug-likeness (QED) is 0.862. The minimum absolute atomic E-state index is 0.117. The lowest BCUT2D eigenvalue weighted by atomic mass is 10.2. The van der Waals surface area contributed by atoms with Gasteiger partial charge in [0.25, 0.3) is 0 Å². The standard InChI is InChI=1S/C13H17N3O4S/c1-9-4-5-11(19-3)12(8-9)21(17,18)14-7-6-13-16-15-10(2)20-13/h4-5,8,14H,6-7H2,1-3H3. The maximum atomic E-state index is 12.3. The number of ether oxygens (including phenoxy) is 1. The summed E-state index contributed by atoms with van der Waals surface area (Å²) in [6.07, 6.45) is 0.328. The van der Waals surface area contributed by atoms with E-state index in [0.29, 0.717) is 24.0 Å². The molecule has 0 atom stereocenters. The van der Waals surface area contributed by atoms with Crippen LogP contribution in [-0.2, 0) is 16.4 Å². The van der Waals surface area contributed by atoms with Crippen LogP contribution in [0.5, 0.6) is 5.75 Å². The van der Waals surface area contributed by atoms with Crippen molar-refractivity contribution in [1.82, 2.24) is 14.9 Å². The summed E-state index contributed by atoms with van der Waals surface area (Å²) in [7, 11) is -2.22. The summed E-state index contributed by atoms with van der Waals surface area (Å²) >= 11 is 0. The van der Waals surface area contributed by atoms with Gasteiger partial charge in [0.2, 0.25) is 21.8 Å². The number of hydrogen-bond donors (Lipinski definition) is 1. The molecule has 0 aliphatic rings. The summed E-state index contributed by atoms with van der Waals surface area (Å²) in [4.78, 5) is 0.117. The Kier molecular flexibility index (Phi) is 4.59. The van der Waals surface area contributed by atoms with Crippen molar-refractivity contribution in [3.05, 3.63) is 35.5 Å². The summed E-state index contributed by atoms with van der Waals surface area (Å²) in [5.74, 6) is 1.15. The van der Waals surface area contributed by atoms with Gasteiger partial charge in [-0.2, -0.15) is 0 Å². The predicted octanol–water partition coefficient (Wildman–Crippen LogP) is 1.22. The third-order valence-electron chi connectivity index (χ3n) is 2.81. The first kappa shape index (κ1) is 15.5. The largest absolute Gasteiger partial charge is 0.495 e. The summed E-state index contributed by atoms with van der Waals surface area (Å²) in [5, 5.41) is 7.49. The Balaban J connectivity index is 2.09. The van der Waals surface area contributed by atoms with Crippen molar-refractivity contribution in [2.24, 2.45) is 0 Å². The van der Waals surface area contributed by atoms with E-state index in [1.54, 1.807) is 25.1 Å². The number of aryl methyl sites for hydroxylation is 2. The van der Waals surface area contributed by atoms with Crippen LogP contribution in [0.1, 0.15) is 17.3 Å². The van der Waals surface area contributed by atoms with Crippen LogP contribution in [0.4, 0.5) is 0 Å². The molecule has 1 heterocycles. The number of aromatic nitrogens is 2. The third kappa shape index (κ3) is 3.79. The van der Waals surface area contributed by atoms with Gasteiger partial charge in [-0.1, -0.05) is 6.07 Å². The molecule has 0 amide bonds. The summed E-state index contributed by atoms with van der Waals surface area (Å²) in [6, 6.07) is 4.99.